The highest BCUT2D eigenvalue weighted by atomic mass is 32.1. The van der Waals surface area contributed by atoms with Gasteiger partial charge in [-0.1, -0.05) is 18.7 Å². The molecule has 1 aliphatic rings. The lowest BCUT2D eigenvalue weighted by atomic mass is 9.94. The molecule has 8 nitrogen and oxygen atoms in total. The molecule has 2 heterocycles. The molecule has 0 spiro atoms. The van der Waals surface area contributed by atoms with Gasteiger partial charge in [-0.25, -0.2) is 4.39 Å². The fraction of sp³-hybridized carbons (Fsp3) is 0.280. The SMILES string of the molecule is C=C(Cn1cccn1)C(=O)NCCOC1CCc2c(sc(NC(=O)c3ccccc3F)c2C#N)C1. The second kappa shape index (κ2) is 11.1. The first-order valence-electron chi connectivity index (χ1n) is 11.1. The summed E-state index contributed by atoms with van der Waals surface area (Å²) in [7, 11) is 0. The van der Waals surface area contributed by atoms with Crippen molar-refractivity contribution in [3.8, 4) is 6.07 Å². The third-order valence-corrected chi connectivity index (χ3v) is 6.82. The van der Waals surface area contributed by atoms with Gasteiger partial charge in [-0.05, 0) is 36.6 Å². The summed E-state index contributed by atoms with van der Waals surface area (Å²) in [5.74, 6) is -1.45. The predicted octanol–water partition coefficient (Wildman–Crippen LogP) is 3.45. The molecule has 0 saturated heterocycles. The molecule has 4 rings (SSSR count). The standard InChI is InChI=1S/C25H24FN5O3S/c1-16(15-31-11-4-9-29-31)23(32)28-10-12-34-17-7-8-18-20(14-27)25(35-22(18)13-17)30-24(33)19-5-2-3-6-21(19)26/h2-6,9,11,17H,1,7-8,10,12-13,15H2,(H,28,32)(H,30,33). The minimum atomic E-state index is -0.615. The summed E-state index contributed by atoms with van der Waals surface area (Å²) in [5, 5.41) is 19.6. The Bertz CT molecular complexity index is 1280. The maximum absolute atomic E-state index is 14.0. The predicted molar refractivity (Wildman–Crippen MR) is 130 cm³/mol. The molecule has 0 fully saturated rings. The zero-order valence-electron chi connectivity index (χ0n) is 18.9. The van der Waals surface area contributed by atoms with Gasteiger partial charge in [0.25, 0.3) is 5.91 Å². The number of rotatable bonds is 9. The lowest BCUT2D eigenvalue weighted by molar-refractivity contribution is -0.118. The normalized spacial score (nSPS) is 14.6. The van der Waals surface area contributed by atoms with Gasteiger partial charge in [0.05, 0.1) is 30.4 Å². The van der Waals surface area contributed by atoms with Crippen molar-refractivity contribution in [2.24, 2.45) is 0 Å². The largest absolute Gasteiger partial charge is 0.376 e. The molecule has 0 radical (unpaired) electrons. The maximum atomic E-state index is 14.0. The molecule has 2 amide bonds. The van der Waals surface area contributed by atoms with Crippen molar-refractivity contribution < 1.29 is 18.7 Å². The van der Waals surface area contributed by atoms with Crippen molar-refractivity contribution in [2.75, 3.05) is 18.5 Å². The highest BCUT2D eigenvalue weighted by Crippen LogP contribution is 2.38. The Morgan fingerprint density at radius 1 is 1.34 bits per heavy atom. The van der Waals surface area contributed by atoms with Gasteiger partial charge in [-0.3, -0.25) is 14.3 Å². The van der Waals surface area contributed by atoms with Crippen LogP contribution in [0.2, 0.25) is 0 Å². The molecule has 180 valence electrons. The summed E-state index contributed by atoms with van der Waals surface area (Å²) in [6, 6.07) is 9.68. The number of benzene rings is 1. The molecule has 10 heteroatoms. The fourth-order valence-electron chi connectivity index (χ4n) is 3.90. The van der Waals surface area contributed by atoms with Crippen LogP contribution in [0.15, 0.2) is 54.9 Å². The molecule has 1 unspecified atom stereocenters. The van der Waals surface area contributed by atoms with Crippen molar-refractivity contribution in [3.63, 3.8) is 0 Å². The van der Waals surface area contributed by atoms with E-state index in [1.165, 1.54) is 29.5 Å². The quantitative estimate of drug-likeness (QED) is 0.351. The van der Waals surface area contributed by atoms with E-state index in [0.29, 0.717) is 48.7 Å². The van der Waals surface area contributed by atoms with Crippen molar-refractivity contribution in [1.29, 1.82) is 5.26 Å². The topological polar surface area (TPSA) is 109 Å². The molecule has 0 aliphatic heterocycles. The number of nitriles is 1. The van der Waals surface area contributed by atoms with E-state index < -0.39 is 11.7 Å². The van der Waals surface area contributed by atoms with E-state index >= 15 is 0 Å². The van der Waals surface area contributed by atoms with Crippen LogP contribution < -0.4 is 10.6 Å². The number of aromatic nitrogens is 2. The number of nitrogens with one attached hydrogen (secondary N) is 2. The van der Waals surface area contributed by atoms with Gasteiger partial charge in [-0.15, -0.1) is 11.3 Å². The number of carbonyl (C=O) groups is 2. The summed E-state index contributed by atoms with van der Waals surface area (Å²) in [5.41, 5.74) is 1.67. The lowest BCUT2D eigenvalue weighted by Gasteiger charge is -2.22. The van der Waals surface area contributed by atoms with Gasteiger partial charge in [0.1, 0.15) is 16.9 Å². The summed E-state index contributed by atoms with van der Waals surface area (Å²) in [6.07, 6.45) is 5.30. The number of anilines is 1. The minimum absolute atomic E-state index is 0.0630. The third kappa shape index (κ3) is 5.82. The van der Waals surface area contributed by atoms with Crippen LogP contribution in [0.4, 0.5) is 9.39 Å². The number of ether oxygens (including phenoxy) is 1. The first-order valence-corrected chi connectivity index (χ1v) is 11.9. The maximum Gasteiger partial charge on any atom is 0.259 e. The summed E-state index contributed by atoms with van der Waals surface area (Å²) in [6.45, 7) is 4.80. The first-order chi connectivity index (χ1) is 17.0. The van der Waals surface area contributed by atoms with Crippen molar-refractivity contribution in [1.82, 2.24) is 15.1 Å². The molecule has 35 heavy (non-hydrogen) atoms. The summed E-state index contributed by atoms with van der Waals surface area (Å²) in [4.78, 5) is 25.7. The Kier molecular flexibility index (Phi) is 7.70. The number of carbonyl (C=O) groups excluding carboxylic acids is 2. The Balaban J connectivity index is 1.29. The second-order valence-corrected chi connectivity index (χ2v) is 9.16. The van der Waals surface area contributed by atoms with Crippen molar-refractivity contribution in [3.05, 3.63) is 82.3 Å². The van der Waals surface area contributed by atoms with Crippen LogP contribution in [-0.4, -0.2) is 40.9 Å². The highest BCUT2D eigenvalue weighted by molar-refractivity contribution is 7.16. The van der Waals surface area contributed by atoms with Gasteiger partial charge in [-0.2, -0.15) is 10.4 Å². The number of fused-ring (bicyclic) bond motifs is 1. The van der Waals surface area contributed by atoms with Gasteiger partial charge < -0.3 is 15.4 Å². The van der Waals surface area contributed by atoms with Gasteiger partial charge >= 0.3 is 0 Å². The average Bonchev–Trinajstić information content (AvgIpc) is 3.48. The number of thiophene rings is 1. The van der Waals surface area contributed by atoms with Crippen LogP contribution in [0.1, 0.15) is 32.8 Å². The van der Waals surface area contributed by atoms with E-state index in [1.807, 2.05) is 0 Å². The molecular weight excluding hydrogens is 469 g/mol. The van der Waals surface area contributed by atoms with Crippen LogP contribution in [0.25, 0.3) is 0 Å². The van der Waals surface area contributed by atoms with Crippen LogP contribution >= 0.6 is 11.3 Å². The van der Waals surface area contributed by atoms with Crippen LogP contribution in [-0.2, 0) is 28.9 Å². The van der Waals surface area contributed by atoms with E-state index in [0.717, 1.165) is 16.9 Å². The van der Waals surface area contributed by atoms with Gasteiger partial charge in [0.2, 0.25) is 5.91 Å². The van der Waals surface area contributed by atoms with Crippen LogP contribution in [0.5, 0.6) is 0 Å². The first kappa shape index (κ1) is 24.3. The Morgan fingerprint density at radius 3 is 2.91 bits per heavy atom. The molecule has 1 aromatic carbocycles. The monoisotopic (exact) mass is 493 g/mol. The second-order valence-electron chi connectivity index (χ2n) is 8.05. The molecule has 1 atom stereocenters. The Morgan fingerprint density at radius 2 is 2.17 bits per heavy atom. The molecule has 1 aliphatic carbocycles. The number of amides is 2. The van der Waals surface area contributed by atoms with Crippen molar-refractivity contribution in [2.45, 2.75) is 31.9 Å². The zero-order valence-corrected chi connectivity index (χ0v) is 19.7. The van der Waals surface area contributed by atoms with Crippen LogP contribution in [0, 0.1) is 17.1 Å². The number of hydrogen-bond donors (Lipinski definition) is 2. The Labute approximate surface area is 206 Å². The molecule has 2 N–H and O–H groups in total. The smallest absolute Gasteiger partial charge is 0.259 e. The van der Waals surface area contributed by atoms with Crippen LogP contribution in [0.3, 0.4) is 0 Å². The van der Waals surface area contributed by atoms with Crippen molar-refractivity contribution >= 4 is 28.2 Å². The average molecular weight is 494 g/mol. The minimum Gasteiger partial charge on any atom is -0.376 e. The number of halogens is 1. The van der Waals surface area contributed by atoms with E-state index in [-0.39, 0.29) is 17.6 Å². The van der Waals surface area contributed by atoms with E-state index in [1.54, 1.807) is 29.2 Å². The number of hydrogen-bond acceptors (Lipinski definition) is 6. The highest BCUT2D eigenvalue weighted by Gasteiger charge is 2.27. The summed E-state index contributed by atoms with van der Waals surface area (Å²) < 4.78 is 21.5. The van der Waals surface area contributed by atoms with Gasteiger partial charge in [0, 0.05) is 35.8 Å². The van der Waals surface area contributed by atoms with Gasteiger partial charge in [0.15, 0.2) is 0 Å². The van der Waals surface area contributed by atoms with E-state index in [4.69, 9.17) is 4.74 Å². The molecule has 0 bridgehead atoms. The molecule has 2 aromatic heterocycles. The third-order valence-electron chi connectivity index (χ3n) is 5.65. The molecule has 3 aromatic rings. The van der Waals surface area contributed by atoms with E-state index in [2.05, 4.69) is 28.4 Å². The number of nitrogens with zero attached hydrogens (tertiary/aromatic N) is 3. The van der Waals surface area contributed by atoms with E-state index in [9.17, 15) is 19.2 Å². The Hall–Kier alpha value is -3.81. The zero-order chi connectivity index (χ0) is 24.8. The molecule has 0 saturated carbocycles. The summed E-state index contributed by atoms with van der Waals surface area (Å²) >= 11 is 1.32. The fourth-order valence-corrected chi connectivity index (χ4v) is 5.15. The molecular formula is C25H24FN5O3S. The lowest BCUT2D eigenvalue weighted by Crippen LogP contribution is -2.32.